The molecule has 0 saturated carbocycles. The summed E-state index contributed by atoms with van der Waals surface area (Å²) in [6, 6.07) is 7.75. The smallest absolute Gasteiger partial charge is 0.862 e. The van der Waals surface area contributed by atoms with E-state index in [1.54, 1.807) is 24.3 Å². The van der Waals surface area contributed by atoms with Gasteiger partial charge in [-0.15, -0.1) is 0 Å². The third-order valence-corrected chi connectivity index (χ3v) is 4.07. The van der Waals surface area contributed by atoms with Gasteiger partial charge in [0.15, 0.2) is 6.29 Å². The molecule has 1 aromatic carbocycles. The first-order valence-corrected chi connectivity index (χ1v) is 9.04. The molecule has 1 saturated heterocycles. The Bertz CT molecular complexity index is 711. The molecule has 12 heteroatoms. The van der Waals surface area contributed by atoms with Crippen molar-refractivity contribution < 1.29 is 71.5 Å². The van der Waals surface area contributed by atoms with Gasteiger partial charge in [-0.1, -0.05) is 30.3 Å². The minimum absolute atomic E-state index is 0. The van der Waals surface area contributed by atoms with Gasteiger partial charge in [0.1, 0.15) is 24.4 Å². The monoisotopic (exact) mass is 413 g/mol. The number of aliphatic hydroxyl groups excluding tert-OH is 2. The van der Waals surface area contributed by atoms with E-state index in [0.717, 1.165) is 5.56 Å². The average Bonchev–Trinajstić information content (AvgIpc) is 2.57. The average molecular weight is 413 g/mol. The van der Waals surface area contributed by atoms with Crippen LogP contribution in [0, 0.1) is 0 Å². The molecule has 27 heavy (non-hydrogen) atoms. The number of aliphatic hydroxyl groups is 2. The molecule has 1 aliphatic rings. The van der Waals surface area contributed by atoms with Crippen molar-refractivity contribution in [2.75, 3.05) is 6.61 Å². The Morgan fingerprint density at radius 1 is 1.26 bits per heavy atom. The molecule has 1 fully saturated rings. The SMILES string of the molecule is CC([O-])=N[C@H]1[C@H](OCc2ccccc2)O[C@H](COS(=O)(=O)O)[C@@H](O)[C@H]1O.[Na+]. The van der Waals surface area contributed by atoms with Crippen molar-refractivity contribution >= 4 is 16.3 Å². The van der Waals surface area contributed by atoms with Crippen molar-refractivity contribution in [3.05, 3.63) is 35.9 Å². The van der Waals surface area contributed by atoms with Crippen molar-refractivity contribution in [2.24, 2.45) is 4.99 Å². The maximum Gasteiger partial charge on any atom is 1.00 e. The molecule has 5 atom stereocenters. The first kappa shape index (κ1) is 24.4. The molecule has 1 aromatic rings. The van der Waals surface area contributed by atoms with Crippen molar-refractivity contribution in [1.82, 2.24) is 0 Å². The molecule has 0 unspecified atom stereocenters. The van der Waals surface area contributed by atoms with Crippen LogP contribution >= 0.6 is 0 Å². The van der Waals surface area contributed by atoms with Crippen LogP contribution in [0.3, 0.4) is 0 Å². The minimum Gasteiger partial charge on any atom is -0.862 e. The van der Waals surface area contributed by atoms with Crippen LogP contribution in [-0.2, 0) is 30.7 Å². The molecule has 0 aromatic heterocycles. The van der Waals surface area contributed by atoms with Crippen molar-refractivity contribution in [2.45, 2.75) is 44.2 Å². The van der Waals surface area contributed by atoms with Crippen LogP contribution in [0.4, 0.5) is 0 Å². The summed E-state index contributed by atoms with van der Waals surface area (Å²) in [7, 11) is -4.76. The maximum atomic E-state index is 11.3. The van der Waals surface area contributed by atoms with E-state index in [9.17, 15) is 23.7 Å². The summed E-state index contributed by atoms with van der Waals surface area (Å²) >= 11 is 0. The fraction of sp³-hybridized carbons (Fsp3) is 0.533. The van der Waals surface area contributed by atoms with Crippen LogP contribution < -0.4 is 34.7 Å². The summed E-state index contributed by atoms with van der Waals surface area (Å²) in [5.74, 6) is -0.606. The van der Waals surface area contributed by atoms with Crippen LogP contribution in [-0.4, -0.2) is 66.3 Å². The Morgan fingerprint density at radius 2 is 1.89 bits per heavy atom. The number of aliphatic imine (C=N–C) groups is 1. The Labute approximate surface area is 179 Å². The number of rotatable bonds is 7. The first-order chi connectivity index (χ1) is 12.2. The van der Waals surface area contributed by atoms with Crippen molar-refractivity contribution in [1.29, 1.82) is 0 Å². The normalized spacial score (nSPS) is 29.2. The zero-order valence-electron chi connectivity index (χ0n) is 14.8. The molecule has 1 aliphatic heterocycles. The molecule has 3 N–H and O–H groups in total. The van der Waals surface area contributed by atoms with E-state index in [4.69, 9.17) is 14.0 Å². The molecule has 0 radical (unpaired) electrons. The summed E-state index contributed by atoms with van der Waals surface area (Å²) in [5.41, 5.74) is 0.782. The van der Waals surface area contributed by atoms with Crippen LogP contribution in [0.5, 0.6) is 0 Å². The predicted octanol–water partition coefficient (Wildman–Crippen LogP) is -4.38. The molecule has 0 spiro atoms. The van der Waals surface area contributed by atoms with Crippen LogP contribution in [0.2, 0.25) is 0 Å². The second-order valence-corrected chi connectivity index (χ2v) is 6.76. The van der Waals surface area contributed by atoms with E-state index in [-0.39, 0.29) is 36.2 Å². The number of benzene rings is 1. The van der Waals surface area contributed by atoms with Gasteiger partial charge < -0.3 is 24.8 Å². The summed E-state index contributed by atoms with van der Waals surface area (Å²) < 4.78 is 45.2. The Kier molecular flexibility index (Phi) is 9.79. The van der Waals surface area contributed by atoms with Gasteiger partial charge in [-0.25, -0.2) is 4.18 Å². The third-order valence-electron chi connectivity index (χ3n) is 3.64. The van der Waals surface area contributed by atoms with Gasteiger partial charge in [0.25, 0.3) is 0 Å². The number of hydrogen-bond acceptors (Lipinski definition) is 9. The van der Waals surface area contributed by atoms with E-state index in [1.165, 1.54) is 6.92 Å². The molecular weight excluding hydrogens is 393 g/mol. The van der Waals surface area contributed by atoms with Crippen LogP contribution in [0.15, 0.2) is 35.3 Å². The molecular formula is C15H20NNaO9S. The van der Waals surface area contributed by atoms with Gasteiger partial charge in [-0.2, -0.15) is 8.42 Å². The van der Waals surface area contributed by atoms with Crippen LogP contribution in [0.1, 0.15) is 12.5 Å². The fourth-order valence-corrected chi connectivity index (χ4v) is 2.75. The third kappa shape index (κ3) is 7.74. The molecule has 0 bridgehead atoms. The molecule has 146 valence electrons. The molecule has 2 rings (SSSR count). The summed E-state index contributed by atoms with van der Waals surface area (Å²) in [6.45, 7) is 0.472. The zero-order chi connectivity index (χ0) is 19.3. The second-order valence-electron chi connectivity index (χ2n) is 5.67. The van der Waals surface area contributed by atoms with E-state index in [2.05, 4.69) is 9.18 Å². The van der Waals surface area contributed by atoms with E-state index < -0.39 is 53.5 Å². The Morgan fingerprint density at radius 3 is 2.44 bits per heavy atom. The molecule has 10 nitrogen and oxygen atoms in total. The molecule has 0 aliphatic carbocycles. The Balaban J connectivity index is 0.00000364. The van der Waals surface area contributed by atoms with Gasteiger partial charge in [-0.3, -0.25) is 9.55 Å². The van der Waals surface area contributed by atoms with E-state index in [0.29, 0.717) is 0 Å². The topological polar surface area (TPSA) is 158 Å². The summed E-state index contributed by atoms with van der Waals surface area (Å²) in [4.78, 5) is 3.70. The standard InChI is InChI=1S/C15H21NO9S.Na/c1-9(17)16-12-14(19)13(18)11(8-24-26(20,21)22)25-15(12)23-7-10-5-3-2-4-6-10;/h2-6,11-15,18-19H,7-8H2,1H3,(H,16,17)(H,20,21,22);/q;+1/p-1/t11-,12-,13-,14+,15-;/m1./s1. The van der Waals surface area contributed by atoms with Gasteiger partial charge >= 0.3 is 40.0 Å². The molecule has 1 heterocycles. The zero-order valence-corrected chi connectivity index (χ0v) is 17.7. The predicted molar refractivity (Wildman–Crippen MR) is 86.3 cm³/mol. The number of hydrogen-bond donors (Lipinski definition) is 3. The number of nitrogens with zero attached hydrogens (tertiary/aromatic N) is 1. The fourth-order valence-electron chi connectivity index (χ4n) is 2.44. The van der Waals surface area contributed by atoms with Gasteiger partial charge in [0.05, 0.1) is 13.2 Å². The van der Waals surface area contributed by atoms with Crippen molar-refractivity contribution in [3.63, 3.8) is 0 Å². The Hall–Kier alpha value is -0.600. The summed E-state index contributed by atoms with van der Waals surface area (Å²) in [6.07, 6.45) is -5.75. The van der Waals surface area contributed by atoms with Gasteiger partial charge in [0, 0.05) is 0 Å². The van der Waals surface area contributed by atoms with Gasteiger partial charge in [0.2, 0.25) is 0 Å². The first-order valence-electron chi connectivity index (χ1n) is 7.68. The van der Waals surface area contributed by atoms with E-state index in [1.807, 2.05) is 6.07 Å². The van der Waals surface area contributed by atoms with E-state index >= 15 is 0 Å². The molecule has 0 amide bonds. The van der Waals surface area contributed by atoms with Crippen molar-refractivity contribution in [3.8, 4) is 0 Å². The summed E-state index contributed by atoms with van der Waals surface area (Å²) in [5, 5.41) is 31.6. The number of ether oxygens (including phenoxy) is 2. The quantitative estimate of drug-likeness (QED) is 0.174. The largest absolute Gasteiger partial charge is 1.00 e. The maximum absolute atomic E-state index is 11.3. The second kappa shape index (κ2) is 10.8. The van der Waals surface area contributed by atoms with Gasteiger partial charge in [-0.05, 0) is 18.4 Å². The van der Waals surface area contributed by atoms with Crippen LogP contribution in [0.25, 0.3) is 0 Å². The minimum atomic E-state index is -4.76.